The number of benzene rings is 1. The molecule has 1 aliphatic carbocycles. The van der Waals surface area contributed by atoms with Gasteiger partial charge in [-0.2, -0.15) is 0 Å². The van der Waals surface area contributed by atoms with Crippen molar-refractivity contribution in [1.82, 2.24) is 4.90 Å². The maximum absolute atomic E-state index is 12.8. The first-order chi connectivity index (χ1) is 11.1. The van der Waals surface area contributed by atoms with Gasteiger partial charge in [-0.15, -0.1) is 0 Å². The third kappa shape index (κ3) is 3.48. The molecular weight excluding hydrogens is 310 g/mol. The standard InChI is InChI=1S/C18H26ClN3O/c1-13-5-6-15(19)11-17(13)21-7-9-22(10-8-21)18(23)16-4-2-3-14(16)12-20/h5-6,11,14,16H,2-4,7-10,12,20H2,1H3/t14-,16-/m1/s1. The minimum absolute atomic E-state index is 0.152. The van der Waals surface area contributed by atoms with Crippen LogP contribution in [0.2, 0.25) is 5.02 Å². The van der Waals surface area contributed by atoms with Crippen LogP contribution in [0.15, 0.2) is 18.2 Å². The maximum Gasteiger partial charge on any atom is 0.226 e. The first kappa shape index (κ1) is 16.6. The van der Waals surface area contributed by atoms with E-state index in [4.69, 9.17) is 17.3 Å². The Morgan fingerprint density at radius 1 is 1.26 bits per heavy atom. The number of anilines is 1. The van der Waals surface area contributed by atoms with Gasteiger partial charge in [0, 0.05) is 42.8 Å². The summed E-state index contributed by atoms with van der Waals surface area (Å²) in [5.41, 5.74) is 8.24. The molecule has 1 aromatic rings. The van der Waals surface area contributed by atoms with Crippen LogP contribution in [0, 0.1) is 18.8 Å². The molecule has 126 valence electrons. The van der Waals surface area contributed by atoms with Crippen LogP contribution >= 0.6 is 11.6 Å². The van der Waals surface area contributed by atoms with E-state index in [-0.39, 0.29) is 5.92 Å². The number of nitrogens with zero attached hydrogens (tertiary/aromatic N) is 2. The van der Waals surface area contributed by atoms with E-state index < -0.39 is 0 Å². The van der Waals surface area contributed by atoms with Crippen molar-refractivity contribution >= 4 is 23.2 Å². The minimum Gasteiger partial charge on any atom is -0.368 e. The van der Waals surface area contributed by atoms with Crippen molar-refractivity contribution in [2.45, 2.75) is 26.2 Å². The number of aryl methyl sites for hydroxylation is 1. The zero-order valence-corrected chi connectivity index (χ0v) is 14.6. The maximum atomic E-state index is 12.8. The van der Waals surface area contributed by atoms with Gasteiger partial charge >= 0.3 is 0 Å². The molecule has 5 heteroatoms. The van der Waals surface area contributed by atoms with Gasteiger partial charge in [0.25, 0.3) is 0 Å². The summed E-state index contributed by atoms with van der Waals surface area (Å²) in [5, 5.41) is 0.765. The van der Waals surface area contributed by atoms with Crippen molar-refractivity contribution in [3.8, 4) is 0 Å². The highest BCUT2D eigenvalue weighted by atomic mass is 35.5. The average Bonchev–Trinajstić information content (AvgIpc) is 3.05. The molecule has 1 heterocycles. The molecule has 1 saturated heterocycles. The normalized spacial score (nSPS) is 25.0. The van der Waals surface area contributed by atoms with Gasteiger partial charge in [0.15, 0.2) is 0 Å². The summed E-state index contributed by atoms with van der Waals surface area (Å²) in [6, 6.07) is 6.00. The molecule has 1 saturated carbocycles. The number of hydrogen-bond donors (Lipinski definition) is 1. The highest BCUT2D eigenvalue weighted by Gasteiger charge is 2.35. The second-order valence-electron chi connectivity index (χ2n) is 6.78. The van der Waals surface area contributed by atoms with Gasteiger partial charge in [0.05, 0.1) is 0 Å². The van der Waals surface area contributed by atoms with Gasteiger partial charge < -0.3 is 15.5 Å². The number of hydrogen-bond acceptors (Lipinski definition) is 3. The van der Waals surface area contributed by atoms with Gasteiger partial charge in [-0.25, -0.2) is 0 Å². The van der Waals surface area contributed by atoms with Crippen LogP contribution < -0.4 is 10.6 Å². The van der Waals surface area contributed by atoms with Crippen molar-refractivity contribution in [2.75, 3.05) is 37.6 Å². The summed E-state index contributed by atoms with van der Waals surface area (Å²) in [6.45, 7) is 6.06. The molecule has 0 radical (unpaired) electrons. The molecule has 2 aliphatic rings. The van der Waals surface area contributed by atoms with Crippen molar-refractivity contribution in [3.63, 3.8) is 0 Å². The lowest BCUT2D eigenvalue weighted by Gasteiger charge is -2.38. The first-order valence-corrected chi connectivity index (χ1v) is 8.98. The molecule has 23 heavy (non-hydrogen) atoms. The molecule has 0 aromatic heterocycles. The largest absolute Gasteiger partial charge is 0.368 e. The third-order valence-electron chi connectivity index (χ3n) is 5.38. The molecule has 4 nitrogen and oxygen atoms in total. The lowest BCUT2D eigenvalue weighted by atomic mass is 9.94. The molecule has 2 atom stereocenters. The molecule has 2 fully saturated rings. The fourth-order valence-electron chi connectivity index (χ4n) is 3.97. The number of amides is 1. The SMILES string of the molecule is Cc1ccc(Cl)cc1N1CCN(C(=O)[C@@H]2CCC[C@@H]2CN)CC1. The zero-order chi connectivity index (χ0) is 16.4. The monoisotopic (exact) mass is 335 g/mol. The van der Waals surface area contributed by atoms with E-state index >= 15 is 0 Å². The first-order valence-electron chi connectivity index (χ1n) is 8.60. The van der Waals surface area contributed by atoms with Crippen LogP contribution in [0.1, 0.15) is 24.8 Å². The topological polar surface area (TPSA) is 49.6 Å². The smallest absolute Gasteiger partial charge is 0.226 e. The number of piperazine rings is 1. The van der Waals surface area contributed by atoms with Crippen LogP contribution in [0.4, 0.5) is 5.69 Å². The molecule has 0 bridgehead atoms. The van der Waals surface area contributed by atoms with Crippen LogP contribution in [-0.4, -0.2) is 43.5 Å². The number of rotatable bonds is 3. The second kappa shape index (κ2) is 7.10. The van der Waals surface area contributed by atoms with E-state index in [1.54, 1.807) is 0 Å². The zero-order valence-electron chi connectivity index (χ0n) is 13.8. The molecule has 2 N–H and O–H groups in total. The Kier molecular flexibility index (Phi) is 5.12. The summed E-state index contributed by atoms with van der Waals surface area (Å²) in [5.74, 6) is 0.857. The summed E-state index contributed by atoms with van der Waals surface area (Å²) >= 11 is 6.13. The lowest BCUT2D eigenvalue weighted by Crippen LogP contribution is -2.51. The van der Waals surface area contributed by atoms with Gasteiger partial charge in [0.1, 0.15) is 0 Å². The quantitative estimate of drug-likeness (QED) is 0.924. The number of halogens is 1. The van der Waals surface area contributed by atoms with Crippen molar-refractivity contribution in [1.29, 1.82) is 0 Å². The van der Waals surface area contributed by atoms with Gasteiger partial charge in [-0.3, -0.25) is 4.79 Å². The van der Waals surface area contributed by atoms with Crippen LogP contribution in [0.3, 0.4) is 0 Å². The molecule has 3 rings (SSSR count). The molecule has 1 aromatic carbocycles. The molecule has 0 spiro atoms. The third-order valence-corrected chi connectivity index (χ3v) is 5.62. The van der Waals surface area contributed by atoms with Gasteiger partial charge in [-0.1, -0.05) is 24.1 Å². The molecule has 1 amide bonds. The fraction of sp³-hybridized carbons (Fsp3) is 0.611. The average molecular weight is 336 g/mol. The summed E-state index contributed by atoms with van der Waals surface area (Å²) in [4.78, 5) is 17.1. The minimum atomic E-state index is 0.152. The van der Waals surface area contributed by atoms with Crippen molar-refractivity contribution in [3.05, 3.63) is 28.8 Å². The van der Waals surface area contributed by atoms with Crippen LogP contribution in [0.5, 0.6) is 0 Å². The Morgan fingerprint density at radius 2 is 2.00 bits per heavy atom. The molecule has 0 unspecified atom stereocenters. The van der Waals surface area contributed by atoms with E-state index in [9.17, 15) is 4.79 Å². The summed E-state index contributed by atoms with van der Waals surface area (Å²) in [6.07, 6.45) is 3.25. The van der Waals surface area contributed by atoms with Crippen LogP contribution in [-0.2, 0) is 4.79 Å². The predicted octanol–water partition coefficient (Wildman–Crippen LogP) is 2.67. The Bertz CT molecular complexity index is 569. The predicted molar refractivity (Wildman–Crippen MR) is 94.9 cm³/mol. The van der Waals surface area contributed by atoms with Gasteiger partial charge in [-0.05, 0) is 49.9 Å². The van der Waals surface area contributed by atoms with Gasteiger partial charge in [0.2, 0.25) is 5.91 Å². The Labute approximate surface area is 143 Å². The highest BCUT2D eigenvalue weighted by molar-refractivity contribution is 6.30. The van der Waals surface area contributed by atoms with E-state index in [1.165, 1.54) is 11.3 Å². The summed E-state index contributed by atoms with van der Waals surface area (Å²) < 4.78 is 0. The lowest BCUT2D eigenvalue weighted by molar-refractivity contribution is -0.136. The van der Waals surface area contributed by atoms with E-state index in [0.29, 0.717) is 18.4 Å². The molecule has 1 aliphatic heterocycles. The number of nitrogens with two attached hydrogens (primary N) is 1. The van der Waals surface area contributed by atoms with E-state index in [2.05, 4.69) is 17.9 Å². The van der Waals surface area contributed by atoms with Crippen molar-refractivity contribution < 1.29 is 4.79 Å². The van der Waals surface area contributed by atoms with Crippen LogP contribution in [0.25, 0.3) is 0 Å². The molecular formula is C18H26ClN3O. The Morgan fingerprint density at radius 3 is 2.70 bits per heavy atom. The summed E-state index contributed by atoms with van der Waals surface area (Å²) in [7, 11) is 0. The highest BCUT2D eigenvalue weighted by Crippen LogP contribution is 2.33. The Hall–Kier alpha value is -1.26. The Balaban J connectivity index is 1.62. The van der Waals surface area contributed by atoms with E-state index in [1.807, 2.05) is 17.0 Å². The second-order valence-corrected chi connectivity index (χ2v) is 7.21. The fourth-order valence-corrected chi connectivity index (χ4v) is 4.14. The number of carbonyl (C=O) groups excluding carboxylic acids is 1. The number of carbonyl (C=O) groups is 1. The van der Waals surface area contributed by atoms with Crippen molar-refractivity contribution in [2.24, 2.45) is 17.6 Å². The van der Waals surface area contributed by atoms with E-state index in [0.717, 1.165) is 50.5 Å².